The van der Waals surface area contributed by atoms with Crippen LogP contribution in [0.5, 0.6) is 11.6 Å². The number of anilines is 15. The molecule has 80 heavy (non-hydrogen) atoms. The van der Waals surface area contributed by atoms with E-state index in [0.29, 0.717) is 17.4 Å². The van der Waals surface area contributed by atoms with Crippen molar-refractivity contribution in [2.45, 2.75) is 0 Å². The Kier molecular flexibility index (Phi) is 10.6. The van der Waals surface area contributed by atoms with E-state index in [2.05, 4.69) is 279 Å². The molecule has 0 N–H and O–H groups in total. The van der Waals surface area contributed by atoms with Crippen LogP contribution in [-0.2, 0) is 0 Å². The Morgan fingerprint density at radius 3 is 1.35 bits per heavy atom. The summed E-state index contributed by atoms with van der Waals surface area (Å²) in [4.78, 5) is 27.3. The van der Waals surface area contributed by atoms with Crippen LogP contribution in [0.3, 0.4) is 0 Å². The Labute approximate surface area is 464 Å². The summed E-state index contributed by atoms with van der Waals surface area (Å²) in [5.74, 6) is 2.69. The van der Waals surface area contributed by atoms with Gasteiger partial charge in [0.1, 0.15) is 23.7 Å². The van der Waals surface area contributed by atoms with Crippen molar-refractivity contribution in [1.82, 2.24) is 15.0 Å². The van der Waals surface area contributed by atoms with Crippen LogP contribution >= 0.6 is 0 Å². The first-order chi connectivity index (χ1) is 39.7. The molecule has 0 radical (unpaired) electrons. The molecule has 0 unspecified atom stereocenters. The third kappa shape index (κ3) is 7.17. The second-order valence-corrected chi connectivity index (χ2v) is 20.4. The van der Waals surface area contributed by atoms with Crippen molar-refractivity contribution in [2.75, 3.05) is 24.5 Å². The first kappa shape index (κ1) is 45.5. The van der Waals surface area contributed by atoms with Crippen LogP contribution in [0.25, 0.3) is 0 Å². The number of hydrogen-bond acceptors (Lipinski definition) is 9. The lowest BCUT2D eigenvalue weighted by molar-refractivity contribution is 0.466. The van der Waals surface area contributed by atoms with Crippen LogP contribution in [0, 0.1) is 0 Å². The van der Waals surface area contributed by atoms with Crippen molar-refractivity contribution < 1.29 is 4.74 Å². The number of rotatable bonds is 9. The lowest BCUT2D eigenvalue weighted by atomic mass is 9.30. The molecule has 0 spiro atoms. The van der Waals surface area contributed by atoms with Gasteiger partial charge in [-0.05, 0) is 131 Å². The van der Waals surface area contributed by atoms with E-state index in [1.165, 1.54) is 16.4 Å². The highest BCUT2D eigenvalue weighted by molar-refractivity contribution is 7.02. The van der Waals surface area contributed by atoms with Gasteiger partial charge in [0.25, 0.3) is 13.4 Å². The van der Waals surface area contributed by atoms with E-state index >= 15 is 0 Å². The largest absolute Gasteiger partial charge is 0.440 e. The minimum Gasteiger partial charge on any atom is -0.440 e. The molecule has 0 aliphatic carbocycles. The average molecular weight is 1020 g/mol. The van der Waals surface area contributed by atoms with E-state index in [4.69, 9.17) is 19.7 Å². The molecule has 6 heterocycles. The summed E-state index contributed by atoms with van der Waals surface area (Å²) in [5.41, 5.74) is 20.1. The molecular weight excluding hydrogens is 978 g/mol. The Hall–Kier alpha value is -10.6. The Bertz CT molecular complexity index is 4240. The first-order valence-electron chi connectivity index (χ1n) is 27.1. The fourth-order valence-corrected chi connectivity index (χ4v) is 12.7. The molecule has 0 saturated heterocycles. The third-order valence-electron chi connectivity index (χ3n) is 16.0. The molecule has 4 aliphatic heterocycles. The molecule has 12 aromatic rings. The Balaban J connectivity index is 1.01. The van der Waals surface area contributed by atoms with Crippen molar-refractivity contribution in [3.8, 4) is 11.6 Å². The molecule has 0 saturated carbocycles. The summed E-state index contributed by atoms with van der Waals surface area (Å²) in [6.45, 7) is -0.525. The second-order valence-electron chi connectivity index (χ2n) is 20.4. The molecular formula is C69H46B2N8O. The lowest BCUT2D eigenvalue weighted by Crippen LogP contribution is -2.64. The number of benzene rings is 10. The predicted molar refractivity (Wildman–Crippen MR) is 329 cm³/mol. The molecule has 9 nitrogen and oxygen atoms in total. The Morgan fingerprint density at radius 1 is 0.350 bits per heavy atom. The van der Waals surface area contributed by atoms with Gasteiger partial charge in [-0.1, -0.05) is 152 Å². The predicted octanol–water partition coefficient (Wildman–Crippen LogP) is 13.3. The molecule has 11 heteroatoms. The maximum Gasteiger partial charge on any atom is 0.262 e. The van der Waals surface area contributed by atoms with Gasteiger partial charge >= 0.3 is 0 Å². The summed E-state index contributed by atoms with van der Waals surface area (Å²) < 4.78 is 7.02. The van der Waals surface area contributed by atoms with Gasteiger partial charge in [-0.3, -0.25) is 9.80 Å². The number of hydrogen-bond donors (Lipinski definition) is 0. The standard InChI is InChI=1S/C69H46B2N8O/c1-8-24-47(25-9-1)75(48-26-10-2-11-27-48)54-40-62-66-63(41-54)78(52-34-18-6-19-35-52)60-43-61-57(42-56(60)70(66)55-38-22-23-39-59(55)77(62)51-32-16-5-17-33-51)71-58-45-72-46-73-69(58)80-64-44-65(74-68(67(64)71)79(61)53-36-20-7-21-37-53)76(49-28-12-3-13-29-49)50-30-14-4-15-31-50/h1-46H. The molecule has 0 fully saturated rings. The van der Waals surface area contributed by atoms with Crippen molar-refractivity contribution >= 4 is 132 Å². The van der Waals surface area contributed by atoms with Gasteiger partial charge in [0.15, 0.2) is 0 Å². The maximum absolute atomic E-state index is 7.02. The summed E-state index contributed by atoms with van der Waals surface area (Å²) in [5, 5.41) is 0. The smallest absolute Gasteiger partial charge is 0.262 e. The first-order valence-corrected chi connectivity index (χ1v) is 27.1. The number of para-hydroxylation sites is 8. The molecule has 0 bridgehead atoms. The summed E-state index contributed by atoms with van der Waals surface area (Å²) in [6, 6.07) is 95.4. The van der Waals surface area contributed by atoms with Crippen LogP contribution in [0.15, 0.2) is 279 Å². The van der Waals surface area contributed by atoms with Crippen LogP contribution in [-0.4, -0.2) is 28.4 Å². The minimum absolute atomic E-state index is 0.185. The van der Waals surface area contributed by atoms with Gasteiger partial charge < -0.3 is 19.4 Å². The SMILES string of the molecule is c1ccc(N(c2ccccc2)c2cc3c4c(c2)N(c2ccccc2)c2cc5c(cc2B4c2ccccc2N3c2ccccc2)B2c3cncnc3Oc3cc(N(c4ccccc4)c4ccccc4)nc(c32)N5c2ccccc2)cc1. The van der Waals surface area contributed by atoms with Gasteiger partial charge in [-0.25, -0.2) is 15.0 Å². The normalized spacial score (nSPS) is 13.0. The molecule has 374 valence electrons. The van der Waals surface area contributed by atoms with Crippen molar-refractivity contribution in [2.24, 2.45) is 0 Å². The average Bonchev–Trinajstić information content (AvgIpc) is 3.39. The highest BCUT2D eigenvalue weighted by Gasteiger charge is 2.49. The van der Waals surface area contributed by atoms with E-state index in [0.717, 1.165) is 96.1 Å². The van der Waals surface area contributed by atoms with Gasteiger partial charge in [0, 0.05) is 91.4 Å². The lowest BCUT2D eigenvalue weighted by Gasteiger charge is -2.46. The van der Waals surface area contributed by atoms with E-state index in [9.17, 15) is 0 Å². The van der Waals surface area contributed by atoms with Crippen LogP contribution < -0.4 is 62.0 Å². The number of pyridine rings is 1. The molecule has 16 rings (SSSR count). The number of ether oxygens (including phenoxy) is 1. The molecule has 2 aromatic heterocycles. The van der Waals surface area contributed by atoms with Gasteiger partial charge in [-0.15, -0.1) is 0 Å². The summed E-state index contributed by atoms with van der Waals surface area (Å²) in [7, 11) is 0. The topological polar surface area (TPSA) is 64.1 Å². The number of fused-ring (bicyclic) bond motifs is 8. The van der Waals surface area contributed by atoms with Crippen LogP contribution in [0.1, 0.15) is 0 Å². The zero-order chi connectivity index (χ0) is 52.7. The highest BCUT2D eigenvalue weighted by Crippen LogP contribution is 2.50. The van der Waals surface area contributed by atoms with E-state index in [1.54, 1.807) is 6.33 Å². The van der Waals surface area contributed by atoms with Crippen LogP contribution in [0.2, 0.25) is 0 Å². The summed E-state index contributed by atoms with van der Waals surface area (Å²) >= 11 is 0. The number of nitrogens with zero attached hydrogens (tertiary/aromatic N) is 8. The van der Waals surface area contributed by atoms with Crippen LogP contribution in [0.4, 0.5) is 85.6 Å². The molecule has 4 aliphatic rings. The van der Waals surface area contributed by atoms with E-state index < -0.39 is 0 Å². The molecule has 10 aromatic carbocycles. The second kappa shape index (κ2) is 18.5. The quantitative estimate of drug-likeness (QED) is 0.132. The van der Waals surface area contributed by atoms with Gasteiger partial charge in [0.05, 0.1) is 5.69 Å². The fourth-order valence-electron chi connectivity index (χ4n) is 12.7. The fraction of sp³-hybridized carbons (Fsp3) is 0. The van der Waals surface area contributed by atoms with Crippen molar-refractivity contribution in [3.63, 3.8) is 0 Å². The number of aromatic nitrogens is 3. The highest BCUT2D eigenvalue weighted by atomic mass is 16.5. The monoisotopic (exact) mass is 1020 g/mol. The van der Waals surface area contributed by atoms with Crippen molar-refractivity contribution in [1.29, 1.82) is 0 Å². The summed E-state index contributed by atoms with van der Waals surface area (Å²) in [6.07, 6.45) is 3.51. The third-order valence-corrected chi connectivity index (χ3v) is 16.0. The Morgan fingerprint density at radius 2 is 0.800 bits per heavy atom. The molecule has 0 atom stereocenters. The minimum atomic E-state index is -0.341. The van der Waals surface area contributed by atoms with E-state index in [-0.39, 0.29) is 13.4 Å². The van der Waals surface area contributed by atoms with Crippen molar-refractivity contribution in [3.05, 3.63) is 279 Å². The van der Waals surface area contributed by atoms with E-state index in [1.807, 2.05) is 18.3 Å². The van der Waals surface area contributed by atoms with Gasteiger partial charge in [0.2, 0.25) is 5.88 Å². The zero-order valence-corrected chi connectivity index (χ0v) is 43.2. The molecule has 0 amide bonds. The maximum atomic E-state index is 7.02. The zero-order valence-electron chi connectivity index (χ0n) is 43.2. The van der Waals surface area contributed by atoms with Gasteiger partial charge in [-0.2, -0.15) is 0 Å².